The molecule has 136 valence electrons. The SMILES string of the molecule is c1cnc(N2CC[C@]3(COCc4cnc(N5CCOCC5)nc43)C2)nc1. The molecule has 1 atom stereocenters. The Morgan fingerprint density at radius 3 is 2.62 bits per heavy atom. The molecule has 8 heteroatoms. The number of hydrogen-bond acceptors (Lipinski definition) is 8. The monoisotopic (exact) mass is 354 g/mol. The van der Waals surface area contributed by atoms with Crippen molar-refractivity contribution in [3.05, 3.63) is 35.9 Å². The van der Waals surface area contributed by atoms with Gasteiger partial charge in [0.25, 0.3) is 0 Å². The summed E-state index contributed by atoms with van der Waals surface area (Å²) in [6.07, 6.45) is 6.50. The third kappa shape index (κ3) is 2.69. The van der Waals surface area contributed by atoms with Crippen molar-refractivity contribution in [3.8, 4) is 0 Å². The van der Waals surface area contributed by atoms with E-state index >= 15 is 0 Å². The van der Waals surface area contributed by atoms with Crippen LogP contribution in [-0.2, 0) is 21.5 Å². The van der Waals surface area contributed by atoms with E-state index in [1.54, 1.807) is 12.4 Å². The Morgan fingerprint density at radius 1 is 0.923 bits per heavy atom. The van der Waals surface area contributed by atoms with E-state index in [1.807, 2.05) is 12.3 Å². The van der Waals surface area contributed by atoms with Crippen molar-refractivity contribution in [3.63, 3.8) is 0 Å². The van der Waals surface area contributed by atoms with Crippen LogP contribution in [0.3, 0.4) is 0 Å². The fourth-order valence-corrected chi connectivity index (χ4v) is 4.11. The first-order valence-electron chi connectivity index (χ1n) is 9.13. The van der Waals surface area contributed by atoms with Gasteiger partial charge in [-0.15, -0.1) is 0 Å². The highest BCUT2D eigenvalue weighted by atomic mass is 16.5. The van der Waals surface area contributed by atoms with Crippen molar-refractivity contribution in [2.75, 3.05) is 55.8 Å². The maximum atomic E-state index is 5.92. The first kappa shape index (κ1) is 15.9. The van der Waals surface area contributed by atoms with Gasteiger partial charge in [0.15, 0.2) is 0 Å². The molecule has 0 radical (unpaired) electrons. The van der Waals surface area contributed by atoms with Crippen LogP contribution in [0.5, 0.6) is 0 Å². The second-order valence-corrected chi connectivity index (χ2v) is 7.14. The van der Waals surface area contributed by atoms with E-state index in [4.69, 9.17) is 14.5 Å². The van der Waals surface area contributed by atoms with Gasteiger partial charge in [0.1, 0.15) is 0 Å². The van der Waals surface area contributed by atoms with Crippen LogP contribution in [0.2, 0.25) is 0 Å². The quantitative estimate of drug-likeness (QED) is 0.783. The number of fused-ring (bicyclic) bond motifs is 2. The minimum absolute atomic E-state index is 0.114. The van der Waals surface area contributed by atoms with Crippen molar-refractivity contribution in [1.82, 2.24) is 19.9 Å². The highest BCUT2D eigenvalue weighted by Crippen LogP contribution is 2.40. The Labute approximate surface area is 152 Å². The zero-order valence-corrected chi connectivity index (χ0v) is 14.7. The van der Waals surface area contributed by atoms with Crippen LogP contribution in [0, 0.1) is 0 Å². The smallest absolute Gasteiger partial charge is 0.225 e. The van der Waals surface area contributed by atoms with Crippen molar-refractivity contribution < 1.29 is 9.47 Å². The summed E-state index contributed by atoms with van der Waals surface area (Å²) in [5.41, 5.74) is 2.12. The molecule has 0 N–H and O–H groups in total. The standard InChI is InChI=1S/C18H22N6O2/c1-3-19-16(20-4-1)24-5-2-18(12-24)13-26-11-14-10-21-17(22-15(14)18)23-6-8-25-9-7-23/h1,3-4,10H,2,5-9,11-13H2/t18-/m1/s1. The second kappa shape index (κ2) is 6.44. The number of morpholine rings is 1. The van der Waals surface area contributed by atoms with E-state index in [-0.39, 0.29) is 5.41 Å². The van der Waals surface area contributed by atoms with Crippen LogP contribution in [0.4, 0.5) is 11.9 Å². The highest BCUT2D eigenvalue weighted by molar-refractivity contribution is 5.43. The van der Waals surface area contributed by atoms with Crippen molar-refractivity contribution in [2.24, 2.45) is 0 Å². The van der Waals surface area contributed by atoms with Crippen LogP contribution in [0.25, 0.3) is 0 Å². The van der Waals surface area contributed by atoms with E-state index < -0.39 is 0 Å². The fourth-order valence-electron chi connectivity index (χ4n) is 4.11. The van der Waals surface area contributed by atoms with Crippen molar-refractivity contribution in [1.29, 1.82) is 0 Å². The number of rotatable bonds is 2. The lowest BCUT2D eigenvalue weighted by atomic mass is 9.80. The number of ether oxygens (including phenoxy) is 2. The Kier molecular flexibility index (Phi) is 3.94. The maximum absolute atomic E-state index is 5.92. The molecule has 2 aromatic heterocycles. The predicted molar refractivity (Wildman–Crippen MR) is 95.3 cm³/mol. The van der Waals surface area contributed by atoms with Gasteiger partial charge in [-0.05, 0) is 12.5 Å². The largest absolute Gasteiger partial charge is 0.378 e. The van der Waals surface area contributed by atoms with Crippen LogP contribution in [0.15, 0.2) is 24.7 Å². The lowest BCUT2D eigenvalue weighted by Gasteiger charge is -2.35. The van der Waals surface area contributed by atoms with Crippen molar-refractivity contribution >= 4 is 11.9 Å². The topological polar surface area (TPSA) is 76.5 Å². The molecule has 5 rings (SSSR count). The Bertz CT molecular complexity index is 783. The lowest BCUT2D eigenvalue weighted by Crippen LogP contribution is -2.42. The van der Waals surface area contributed by atoms with Crippen LogP contribution < -0.4 is 9.80 Å². The Hall–Kier alpha value is -2.32. The minimum atomic E-state index is -0.114. The third-order valence-corrected chi connectivity index (χ3v) is 5.47. The Balaban J connectivity index is 1.47. The average molecular weight is 354 g/mol. The van der Waals surface area contributed by atoms with Crippen LogP contribution in [0.1, 0.15) is 17.7 Å². The molecule has 3 aliphatic heterocycles. The predicted octanol–water partition coefficient (Wildman–Crippen LogP) is 0.781. The van der Waals surface area contributed by atoms with E-state index in [9.17, 15) is 0 Å². The molecular formula is C18H22N6O2. The van der Waals surface area contributed by atoms with Gasteiger partial charge in [0.05, 0.1) is 37.5 Å². The van der Waals surface area contributed by atoms with E-state index in [0.29, 0.717) is 13.2 Å². The number of hydrogen-bond donors (Lipinski definition) is 0. The molecule has 0 aliphatic carbocycles. The molecule has 0 saturated carbocycles. The molecule has 5 heterocycles. The van der Waals surface area contributed by atoms with Gasteiger partial charge in [-0.3, -0.25) is 0 Å². The summed E-state index contributed by atoms with van der Waals surface area (Å²) in [5.74, 6) is 1.58. The van der Waals surface area contributed by atoms with Gasteiger partial charge in [-0.1, -0.05) is 0 Å². The first-order chi connectivity index (χ1) is 12.8. The lowest BCUT2D eigenvalue weighted by molar-refractivity contribution is 0.0555. The molecule has 0 aromatic carbocycles. The summed E-state index contributed by atoms with van der Waals surface area (Å²) in [7, 11) is 0. The van der Waals surface area contributed by atoms with Crippen molar-refractivity contribution in [2.45, 2.75) is 18.4 Å². The summed E-state index contributed by atoms with van der Waals surface area (Å²) >= 11 is 0. The molecule has 26 heavy (non-hydrogen) atoms. The molecular weight excluding hydrogens is 332 g/mol. The average Bonchev–Trinajstić information content (AvgIpc) is 3.14. The van der Waals surface area contributed by atoms with Gasteiger partial charge in [-0.2, -0.15) is 0 Å². The first-order valence-corrected chi connectivity index (χ1v) is 9.13. The Morgan fingerprint density at radius 2 is 1.77 bits per heavy atom. The van der Waals surface area contributed by atoms with Gasteiger partial charge in [0.2, 0.25) is 11.9 Å². The van der Waals surface area contributed by atoms with Gasteiger partial charge in [0, 0.05) is 50.3 Å². The normalized spacial score (nSPS) is 25.5. The van der Waals surface area contributed by atoms with E-state index in [1.165, 1.54) is 0 Å². The van der Waals surface area contributed by atoms with E-state index in [0.717, 1.165) is 69.0 Å². The molecule has 2 aromatic rings. The fraction of sp³-hybridized carbons (Fsp3) is 0.556. The van der Waals surface area contributed by atoms with E-state index in [2.05, 4.69) is 24.8 Å². The molecule has 8 nitrogen and oxygen atoms in total. The van der Waals surface area contributed by atoms with Gasteiger partial charge >= 0.3 is 0 Å². The molecule has 0 amide bonds. The summed E-state index contributed by atoms with van der Waals surface area (Å²) < 4.78 is 11.4. The summed E-state index contributed by atoms with van der Waals surface area (Å²) in [6.45, 7) is 6.14. The zero-order valence-electron chi connectivity index (χ0n) is 14.7. The van der Waals surface area contributed by atoms with Gasteiger partial charge < -0.3 is 19.3 Å². The molecule has 2 saturated heterocycles. The second-order valence-electron chi connectivity index (χ2n) is 7.14. The zero-order chi connectivity index (χ0) is 17.4. The number of nitrogens with zero attached hydrogens (tertiary/aromatic N) is 6. The maximum Gasteiger partial charge on any atom is 0.225 e. The molecule has 3 aliphatic rings. The third-order valence-electron chi connectivity index (χ3n) is 5.47. The summed E-state index contributed by atoms with van der Waals surface area (Å²) in [5, 5.41) is 0. The minimum Gasteiger partial charge on any atom is -0.378 e. The number of anilines is 2. The highest BCUT2D eigenvalue weighted by Gasteiger charge is 2.45. The molecule has 0 bridgehead atoms. The number of aromatic nitrogens is 4. The molecule has 2 fully saturated rings. The summed E-state index contributed by atoms with van der Waals surface area (Å²) in [6, 6.07) is 1.84. The summed E-state index contributed by atoms with van der Waals surface area (Å²) in [4.78, 5) is 22.8. The van der Waals surface area contributed by atoms with Gasteiger partial charge in [-0.25, -0.2) is 19.9 Å². The van der Waals surface area contributed by atoms with Crippen LogP contribution in [-0.4, -0.2) is 65.9 Å². The van der Waals surface area contributed by atoms with Crippen LogP contribution >= 0.6 is 0 Å². The molecule has 0 unspecified atom stereocenters. The molecule has 1 spiro atoms.